The van der Waals surface area contributed by atoms with E-state index in [1.165, 1.54) is 19.1 Å². The second kappa shape index (κ2) is 8.96. The van der Waals surface area contributed by atoms with Crippen LogP contribution >= 0.6 is 0 Å². The molecule has 1 aromatic heterocycles. The van der Waals surface area contributed by atoms with Crippen molar-refractivity contribution in [3.63, 3.8) is 0 Å². The van der Waals surface area contributed by atoms with Crippen LogP contribution in [-0.2, 0) is 9.59 Å². The molecule has 0 saturated carbocycles. The van der Waals surface area contributed by atoms with Crippen molar-refractivity contribution in [3.8, 4) is 11.5 Å². The van der Waals surface area contributed by atoms with Crippen LogP contribution in [-0.4, -0.2) is 73.0 Å². The first-order valence-electron chi connectivity index (χ1n) is 9.44. The monoisotopic (exact) mass is 411 g/mol. The van der Waals surface area contributed by atoms with E-state index in [0.717, 1.165) is 0 Å². The fourth-order valence-electron chi connectivity index (χ4n) is 3.44. The number of rotatable bonds is 7. The zero-order chi connectivity index (χ0) is 21.8. The Hall–Kier alpha value is -3.39. The molecule has 1 fully saturated rings. The van der Waals surface area contributed by atoms with Gasteiger partial charge in [-0.25, -0.2) is 0 Å². The molecule has 1 aliphatic rings. The third kappa shape index (κ3) is 3.99. The second-order valence-electron chi connectivity index (χ2n) is 7.15. The minimum Gasteiger partial charge on any atom is -0.507 e. The van der Waals surface area contributed by atoms with Gasteiger partial charge in [0.25, 0.3) is 11.7 Å². The van der Waals surface area contributed by atoms with Gasteiger partial charge < -0.3 is 24.4 Å². The summed E-state index contributed by atoms with van der Waals surface area (Å²) in [5.74, 6) is -0.747. The van der Waals surface area contributed by atoms with Gasteiger partial charge in [0.15, 0.2) is 11.5 Å². The molecule has 2 heterocycles. The summed E-state index contributed by atoms with van der Waals surface area (Å²) in [6.45, 7) is 0.903. The molecule has 0 spiro atoms. The first kappa shape index (κ1) is 21.3. The van der Waals surface area contributed by atoms with Crippen LogP contribution in [0.2, 0.25) is 0 Å². The number of Topliss-reactive ketones (excluding diaryl/α,β-unsaturated/α-hetero) is 1. The third-order valence-electron chi connectivity index (χ3n) is 4.99. The lowest BCUT2D eigenvalue weighted by Gasteiger charge is -2.26. The lowest BCUT2D eigenvalue weighted by molar-refractivity contribution is -0.140. The zero-order valence-electron chi connectivity index (χ0n) is 17.5. The van der Waals surface area contributed by atoms with Crippen molar-refractivity contribution < 1.29 is 24.2 Å². The van der Waals surface area contributed by atoms with Gasteiger partial charge in [-0.1, -0.05) is 6.07 Å². The minimum atomic E-state index is -0.730. The quantitative estimate of drug-likeness (QED) is 0.424. The van der Waals surface area contributed by atoms with Gasteiger partial charge in [0.2, 0.25) is 0 Å². The molecular weight excluding hydrogens is 386 g/mol. The van der Waals surface area contributed by atoms with E-state index in [1.54, 1.807) is 42.7 Å². The molecule has 1 N–H and O–H groups in total. The van der Waals surface area contributed by atoms with Crippen LogP contribution in [0.5, 0.6) is 11.5 Å². The van der Waals surface area contributed by atoms with E-state index in [2.05, 4.69) is 4.98 Å². The van der Waals surface area contributed by atoms with Gasteiger partial charge in [0, 0.05) is 31.0 Å². The minimum absolute atomic E-state index is 0.0268. The second-order valence-corrected chi connectivity index (χ2v) is 7.15. The number of nitrogens with zero attached hydrogens (tertiary/aromatic N) is 3. The topological polar surface area (TPSA) is 92.2 Å². The van der Waals surface area contributed by atoms with Gasteiger partial charge >= 0.3 is 0 Å². The number of likely N-dealkylation sites (tertiary alicyclic amines) is 1. The summed E-state index contributed by atoms with van der Waals surface area (Å²) >= 11 is 0. The number of ketones is 1. The Morgan fingerprint density at radius 1 is 1.17 bits per heavy atom. The van der Waals surface area contributed by atoms with Gasteiger partial charge in [-0.3, -0.25) is 14.6 Å². The highest BCUT2D eigenvalue weighted by Gasteiger charge is 2.46. The average molecular weight is 411 g/mol. The Kier molecular flexibility index (Phi) is 6.37. The molecule has 1 aromatic carbocycles. The van der Waals surface area contributed by atoms with Gasteiger partial charge in [0.1, 0.15) is 5.76 Å². The molecule has 1 aliphatic heterocycles. The van der Waals surface area contributed by atoms with Crippen LogP contribution in [0.1, 0.15) is 17.2 Å². The molecule has 1 unspecified atom stereocenters. The van der Waals surface area contributed by atoms with E-state index in [0.29, 0.717) is 35.7 Å². The maximum atomic E-state index is 12.9. The van der Waals surface area contributed by atoms with Gasteiger partial charge in [-0.2, -0.15) is 0 Å². The standard InChI is InChI=1S/C22H25N3O5/c1-24(2)10-11-25-19(15-6-5-9-23-13-15)18(21(27)22(25)28)20(26)14-7-8-16(29-3)17(12-14)30-4/h5-9,12-13,19,26H,10-11H2,1-4H3/b20-18-. The number of benzene rings is 1. The van der Waals surface area contributed by atoms with E-state index >= 15 is 0 Å². The number of pyridine rings is 1. The lowest BCUT2D eigenvalue weighted by atomic mass is 9.96. The summed E-state index contributed by atoms with van der Waals surface area (Å²) in [5.41, 5.74) is 1.03. The SMILES string of the molecule is COc1ccc(/C(O)=C2/C(=O)C(=O)N(CCN(C)C)C2c2cccnc2)cc1OC. The van der Waals surface area contributed by atoms with Gasteiger partial charge in [-0.05, 0) is 43.9 Å². The highest BCUT2D eigenvalue weighted by Crippen LogP contribution is 2.40. The maximum Gasteiger partial charge on any atom is 0.295 e. The Morgan fingerprint density at radius 2 is 1.90 bits per heavy atom. The Labute approximate surface area is 175 Å². The molecule has 158 valence electrons. The van der Waals surface area contributed by atoms with Crippen molar-refractivity contribution in [2.45, 2.75) is 6.04 Å². The number of hydrogen-bond acceptors (Lipinski definition) is 7. The predicted octanol–water partition coefficient (Wildman–Crippen LogP) is 2.08. The number of methoxy groups -OCH3 is 2. The van der Waals surface area contributed by atoms with E-state index in [4.69, 9.17) is 9.47 Å². The van der Waals surface area contributed by atoms with Gasteiger partial charge in [-0.15, -0.1) is 0 Å². The van der Waals surface area contributed by atoms with E-state index < -0.39 is 17.7 Å². The summed E-state index contributed by atoms with van der Waals surface area (Å²) in [6.07, 6.45) is 3.21. The van der Waals surface area contributed by atoms with Crippen molar-refractivity contribution in [2.24, 2.45) is 0 Å². The molecule has 0 bridgehead atoms. The molecule has 2 aromatic rings. The normalized spacial score (nSPS) is 18.2. The molecule has 1 amide bonds. The number of aromatic nitrogens is 1. The molecule has 8 heteroatoms. The fraction of sp³-hybridized carbons (Fsp3) is 0.318. The molecule has 30 heavy (non-hydrogen) atoms. The van der Waals surface area contributed by atoms with Crippen LogP contribution < -0.4 is 9.47 Å². The van der Waals surface area contributed by atoms with Crippen molar-refractivity contribution in [2.75, 3.05) is 41.4 Å². The average Bonchev–Trinajstić information content (AvgIpc) is 3.01. The third-order valence-corrected chi connectivity index (χ3v) is 4.99. The number of aliphatic hydroxyl groups excluding tert-OH is 1. The van der Waals surface area contributed by atoms with E-state index in [9.17, 15) is 14.7 Å². The highest BCUT2D eigenvalue weighted by molar-refractivity contribution is 6.46. The summed E-state index contributed by atoms with van der Waals surface area (Å²) in [5, 5.41) is 11.1. The highest BCUT2D eigenvalue weighted by atomic mass is 16.5. The molecule has 8 nitrogen and oxygen atoms in total. The lowest BCUT2D eigenvalue weighted by Crippen LogP contribution is -2.35. The first-order valence-corrected chi connectivity index (χ1v) is 9.44. The van der Waals surface area contributed by atoms with Crippen LogP contribution in [0, 0.1) is 0 Å². The summed E-state index contributed by atoms with van der Waals surface area (Å²) in [7, 11) is 6.77. The van der Waals surface area contributed by atoms with Gasteiger partial charge in [0.05, 0.1) is 25.8 Å². The van der Waals surface area contributed by atoms with Crippen LogP contribution in [0.4, 0.5) is 0 Å². The van der Waals surface area contributed by atoms with Crippen molar-refractivity contribution >= 4 is 17.4 Å². The summed E-state index contributed by atoms with van der Waals surface area (Å²) in [4.78, 5) is 33.3. The molecule has 1 atom stereocenters. The predicted molar refractivity (Wildman–Crippen MR) is 111 cm³/mol. The Bertz CT molecular complexity index is 972. The number of carbonyl (C=O) groups is 2. The fourth-order valence-corrected chi connectivity index (χ4v) is 3.44. The number of hydrogen-bond donors (Lipinski definition) is 1. The van der Waals surface area contributed by atoms with Crippen LogP contribution in [0.25, 0.3) is 5.76 Å². The molecule has 0 aliphatic carbocycles. The summed E-state index contributed by atoms with van der Waals surface area (Å²) in [6, 6.07) is 7.61. The number of likely N-dealkylation sites (N-methyl/N-ethyl adjacent to an activating group) is 1. The number of ether oxygens (including phenoxy) is 2. The Morgan fingerprint density at radius 3 is 2.50 bits per heavy atom. The van der Waals surface area contributed by atoms with Crippen LogP contribution in [0.15, 0.2) is 48.3 Å². The van der Waals surface area contributed by atoms with Crippen molar-refractivity contribution in [3.05, 3.63) is 59.4 Å². The number of carbonyl (C=O) groups excluding carboxylic acids is 2. The van der Waals surface area contributed by atoms with Crippen molar-refractivity contribution in [1.29, 1.82) is 0 Å². The van der Waals surface area contributed by atoms with Crippen LogP contribution in [0.3, 0.4) is 0 Å². The molecular formula is C22H25N3O5. The zero-order valence-corrected chi connectivity index (χ0v) is 17.5. The van der Waals surface area contributed by atoms with E-state index in [-0.39, 0.29) is 11.3 Å². The molecule has 3 rings (SSSR count). The smallest absolute Gasteiger partial charge is 0.295 e. The number of aliphatic hydroxyl groups is 1. The molecule has 0 radical (unpaired) electrons. The summed E-state index contributed by atoms with van der Waals surface area (Å²) < 4.78 is 10.5. The van der Waals surface area contributed by atoms with Crippen molar-refractivity contribution in [1.82, 2.24) is 14.8 Å². The van der Waals surface area contributed by atoms with E-state index in [1.807, 2.05) is 19.0 Å². The maximum absolute atomic E-state index is 12.9. The largest absolute Gasteiger partial charge is 0.507 e. The first-order chi connectivity index (χ1) is 14.4. The Balaban J connectivity index is 2.14. The number of amides is 1. The molecule has 1 saturated heterocycles.